The van der Waals surface area contributed by atoms with Crippen LogP contribution in [0.4, 0.5) is 5.95 Å². The third-order valence-electron chi connectivity index (χ3n) is 2.96. The summed E-state index contributed by atoms with van der Waals surface area (Å²) in [6.45, 7) is 1.90. The first-order valence-corrected chi connectivity index (χ1v) is 6.21. The highest BCUT2D eigenvalue weighted by atomic mass is 15.0. The van der Waals surface area contributed by atoms with Crippen LogP contribution >= 0.6 is 0 Å². The molecule has 0 fully saturated rings. The third-order valence-corrected chi connectivity index (χ3v) is 2.96. The predicted molar refractivity (Wildman–Crippen MR) is 77.6 cm³/mol. The summed E-state index contributed by atoms with van der Waals surface area (Å²) in [4.78, 5) is 17.1. The van der Waals surface area contributed by atoms with Gasteiger partial charge in [0.2, 0.25) is 5.95 Å². The molecule has 0 bridgehead atoms. The van der Waals surface area contributed by atoms with Crippen LogP contribution in [0.3, 0.4) is 0 Å². The van der Waals surface area contributed by atoms with Crippen molar-refractivity contribution in [2.24, 2.45) is 0 Å². The normalized spacial score (nSPS) is 10.4. The van der Waals surface area contributed by atoms with E-state index < -0.39 is 0 Å². The summed E-state index contributed by atoms with van der Waals surface area (Å²) in [6, 6.07) is 9.56. The summed E-state index contributed by atoms with van der Waals surface area (Å²) in [6.07, 6.45) is 5.23. The molecule has 0 saturated carbocycles. The quantitative estimate of drug-likeness (QED) is 0.768. The summed E-state index contributed by atoms with van der Waals surface area (Å²) >= 11 is 0. The second-order valence-corrected chi connectivity index (χ2v) is 4.35. The van der Waals surface area contributed by atoms with Crippen molar-refractivity contribution in [1.29, 1.82) is 0 Å². The Balaban J connectivity index is 2.29. The zero-order valence-corrected chi connectivity index (χ0v) is 11.0. The zero-order chi connectivity index (χ0) is 13.9. The molecule has 0 radical (unpaired) electrons. The van der Waals surface area contributed by atoms with Crippen LogP contribution in [0, 0.1) is 6.92 Å². The number of nitrogens with zero attached hydrogens (tertiary/aromatic N) is 4. The summed E-state index contributed by atoms with van der Waals surface area (Å²) in [5.41, 5.74) is 9.93. The molecule has 20 heavy (non-hydrogen) atoms. The van der Waals surface area contributed by atoms with Crippen LogP contribution in [0.1, 0.15) is 5.69 Å². The van der Waals surface area contributed by atoms with E-state index in [9.17, 15) is 0 Å². The number of pyridine rings is 2. The van der Waals surface area contributed by atoms with Crippen LogP contribution in [0.2, 0.25) is 0 Å². The van der Waals surface area contributed by atoms with Crippen molar-refractivity contribution in [3.8, 4) is 22.5 Å². The Labute approximate surface area is 116 Å². The van der Waals surface area contributed by atoms with E-state index in [1.807, 2.05) is 37.3 Å². The number of nitrogens with two attached hydrogens (primary N) is 1. The van der Waals surface area contributed by atoms with Gasteiger partial charge in [0.15, 0.2) is 0 Å². The highest BCUT2D eigenvalue weighted by Crippen LogP contribution is 2.31. The fourth-order valence-corrected chi connectivity index (χ4v) is 2.12. The number of anilines is 1. The molecular weight excluding hydrogens is 250 g/mol. The highest BCUT2D eigenvalue weighted by molar-refractivity contribution is 5.80. The van der Waals surface area contributed by atoms with Crippen molar-refractivity contribution in [2.75, 3.05) is 5.73 Å². The monoisotopic (exact) mass is 263 g/mol. The van der Waals surface area contributed by atoms with Crippen LogP contribution in [0.25, 0.3) is 22.5 Å². The minimum atomic E-state index is 0.251. The Morgan fingerprint density at radius 3 is 2.60 bits per heavy atom. The van der Waals surface area contributed by atoms with Crippen molar-refractivity contribution >= 4 is 5.95 Å². The van der Waals surface area contributed by atoms with Crippen molar-refractivity contribution in [1.82, 2.24) is 19.9 Å². The minimum absolute atomic E-state index is 0.251. The average molecular weight is 263 g/mol. The second-order valence-electron chi connectivity index (χ2n) is 4.35. The number of aryl methyl sites for hydroxylation is 1. The molecule has 3 aromatic rings. The van der Waals surface area contributed by atoms with E-state index in [-0.39, 0.29) is 5.95 Å². The van der Waals surface area contributed by atoms with Gasteiger partial charge in [-0.1, -0.05) is 6.07 Å². The van der Waals surface area contributed by atoms with Crippen LogP contribution < -0.4 is 5.73 Å². The van der Waals surface area contributed by atoms with Gasteiger partial charge in [0.1, 0.15) is 0 Å². The molecule has 0 aliphatic rings. The predicted octanol–water partition coefficient (Wildman–Crippen LogP) is 2.49. The van der Waals surface area contributed by atoms with E-state index in [1.165, 1.54) is 0 Å². The van der Waals surface area contributed by atoms with Crippen LogP contribution in [0.5, 0.6) is 0 Å². The molecule has 0 atom stereocenters. The fourth-order valence-electron chi connectivity index (χ4n) is 2.12. The fraction of sp³-hybridized carbons (Fsp3) is 0.0667. The Bertz CT molecular complexity index is 726. The maximum atomic E-state index is 5.78. The largest absolute Gasteiger partial charge is 0.368 e. The van der Waals surface area contributed by atoms with Crippen molar-refractivity contribution in [3.05, 3.63) is 54.6 Å². The molecule has 5 nitrogen and oxygen atoms in total. The summed E-state index contributed by atoms with van der Waals surface area (Å²) in [7, 11) is 0. The van der Waals surface area contributed by atoms with Gasteiger partial charge in [-0.05, 0) is 31.2 Å². The number of rotatable bonds is 2. The average Bonchev–Trinajstić information content (AvgIpc) is 2.48. The van der Waals surface area contributed by atoms with Gasteiger partial charge in [-0.2, -0.15) is 0 Å². The molecule has 98 valence electrons. The SMILES string of the molecule is Cc1nc(N)nc(-c2cccnc2)c1-c1ccccn1. The van der Waals surface area contributed by atoms with Crippen molar-refractivity contribution in [3.63, 3.8) is 0 Å². The number of hydrogen-bond donors (Lipinski definition) is 1. The second kappa shape index (κ2) is 5.05. The maximum Gasteiger partial charge on any atom is 0.220 e. The van der Waals surface area contributed by atoms with Gasteiger partial charge in [0.25, 0.3) is 0 Å². The number of hydrogen-bond acceptors (Lipinski definition) is 5. The Kier molecular flexibility index (Phi) is 3.09. The van der Waals surface area contributed by atoms with E-state index in [2.05, 4.69) is 19.9 Å². The van der Waals surface area contributed by atoms with Crippen LogP contribution in [-0.4, -0.2) is 19.9 Å². The minimum Gasteiger partial charge on any atom is -0.368 e. The van der Waals surface area contributed by atoms with E-state index in [0.29, 0.717) is 0 Å². The number of nitrogen functional groups attached to an aromatic ring is 1. The van der Waals surface area contributed by atoms with E-state index in [4.69, 9.17) is 5.73 Å². The van der Waals surface area contributed by atoms with E-state index in [1.54, 1.807) is 18.6 Å². The highest BCUT2D eigenvalue weighted by Gasteiger charge is 2.15. The van der Waals surface area contributed by atoms with Crippen LogP contribution in [-0.2, 0) is 0 Å². The lowest BCUT2D eigenvalue weighted by atomic mass is 10.0. The molecule has 0 spiro atoms. The Hall–Kier alpha value is -2.82. The van der Waals surface area contributed by atoms with Gasteiger partial charge in [0, 0.05) is 29.7 Å². The summed E-state index contributed by atoms with van der Waals surface area (Å²) in [5, 5.41) is 0. The molecule has 0 aliphatic carbocycles. The van der Waals surface area contributed by atoms with E-state index in [0.717, 1.165) is 28.2 Å². The van der Waals surface area contributed by atoms with Gasteiger partial charge < -0.3 is 5.73 Å². The van der Waals surface area contributed by atoms with Crippen molar-refractivity contribution < 1.29 is 0 Å². The van der Waals surface area contributed by atoms with Gasteiger partial charge in [-0.25, -0.2) is 9.97 Å². The maximum absolute atomic E-state index is 5.78. The van der Waals surface area contributed by atoms with Gasteiger partial charge in [0.05, 0.1) is 17.1 Å². The molecule has 5 heteroatoms. The van der Waals surface area contributed by atoms with Gasteiger partial charge in [-0.15, -0.1) is 0 Å². The molecule has 0 saturated heterocycles. The first-order valence-electron chi connectivity index (χ1n) is 6.21. The molecule has 3 aromatic heterocycles. The topological polar surface area (TPSA) is 77.6 Å². The smallest absolute Gasteiger partial charge is 0.220 e. The zero-order valence-electron chi connectivity index (χ0n) is 11.0. The Morgan fingerprint density at radius 2 is 1.90 bits per heavy atom. The van der Waals surface area contributed by atoms with Gasteiger partial charge in [-0.3, -0.25) is 9.97 Å². The lowest BCUT2D eigenvalue weighted by Crippen LogP contribution is -2.03. The molecular formula is C15H13N5. The third kappa shape index (κ3) is 2.21. The molecule has 3 rings (SSSR count). The molecule has 0 aliphatic heterocycles. The first-order chi connectivity index (χ1) is 9.75. The molecule has 0 aromatic carbocycles. The van der Waals surface area contributed by atoms with Gasteiger partial charge >= 0.3 is 0 Å². The molecule has 2 N–H and O–H groups in total. The lowest BCUT2D eigenvalue weighted by Gasteiger charge is -2.11. The summed E-state index contributed by atoms with van der Waals surface area (Å²) < 4.78 is 0. The lowest BCUT2D eigenvalue weighted by molar-refractivity contribution is 1.11. The molecule has 0 unspecified atom stereocenters. The standard InChI is InChI=1S/C15H13N5/c1-10-13(12-6-2-3-8-18-12)14(20-15(16)19-10)11-5-4-7-17-9-11/h2-9H,1H3,(H2,16,19,20). The van der Waals surface area contributed by atoms with E-state index >= 15 is 0 Å². The molecule has 3 heterocycles. The summed E-state index contributed by atoms with van der Waals surface area (Å²) in [5.74, 6) is 0.251. The number of aromatic nitrogens is 4. The molecule has 0 amide bonds. The Morgan fingerprint density at radius 1 is 1.00 bits per heavy atom. The van der Waals surface area contributed by atoms with Crippen molar-refractivity contribution in [2.45, 2.75) is 6.92 Å². The van der Waals surface area contributed by atoms with Crippen LogP contribution in [0.15, 0.2) is 48.9 Å². The first kappa shape index (κ1) is 12.2.